The van der Waals surface area contributed by atoms with Gasteiger partial charge in [0.2, 0.25) is 0 Å². The molecule has 0 atom stereocenters. The van der Waals surface area contributed by atoms with E-state index in [-0.39, 0.29) is 0 Å². The van der Waals surface area contributed by atoms with Gasteiger partial charge in [-0.05, 0) is 17.5 Å². The van der Waals surface area contributed by atoms with Crippen molar-refractivity contribution in [2.45, 2.75) is 0 Å². The summed E-state index contributed by atoms with van der Waals surface area (Å²) in [6.07, 6.45) is 0. The lowest BCUT2D eigenvalue weighted by Gasteiger charge is -2.05. The normalized spacial score (nSPS) is 10.2. The first kappa shape index (κ1) is 7.92. The third kappa shape index (κ3) is 1.31. The van der Waals surface area contributed by atoms with E-state index in [9.17, 15) is 0 Å². The van der Waals surface area contributed by atoms with Crippen LogP contribution in [0, 0.1) is 0 Å². The van der Waals surface area contributed by atoms with Crippen LogP contribution >= 0.6 is 0 Å². The molecule has 2 aromatic carbocycles. The minimum atomic E-state index is 0.822. The molecule has 2 heteroatoms. The summed E-state index contributed by atoms with van der Waals surface area (Å²) in [6, 6.07) is 12.1. The maximum Gasteiger partial charge on any atom is 0.0414 e. The number of rotatable bonds is 1. The highest BCUT2D eigenvalue weighted by molar-refractivity contribution is 5.95. The van der Waals surface area contributed by atoms with Gasteiger partial charge >= 0.3 is 0 Å². The number of nitrogens with two attached hydrogens (primary N) is 1. The Morgan fingerprint density at radius 1 is 1.15 bits per heavy atom. The zero-order chi connectivity index (χ0) is 9.26. The number of nitrogens with one attached hydrogen (secondary N) is 1. The number of hydrogen-bond donors (Lipinski definition) is 2. The van der Waals surface area contributed by atoms with Crippen LogP contribution in [0.4, 0.5) is 11.4 Å². The van der Waals surface area contributed by atoms with Gasteiger partial charge in [0.25, 0.3) is 0 Å². The van der Waals surface area contributed by atoms with Gasteiger partial charge in [-0.3, -0.25) is 0 Å². The van der Waals surface area contributed by atoms with Crippen LogP contribution in [-0.2, 0) is 0 Å². The van der Waals surface area contributed by atoms with Gasteiger partial charge < -0.3 is 11.1 Å². The van der Waals surface area contributed by atoms with Crippen molar-refractivity contribution in [1.82, 2.24) is 0 Å². The third-order valence-electron chi connectivity index (χ3n) is 2.18. The molecule has 0 spiro atoms. The first-order valence-corrected chi connectivity index (χ1v) is 4.27. The van der Waals surface area contributed by atoms with E-state index in [1.807, 2.05) is 31.3 Å². The SMILES string of the molecule is CNc1cc(N)c2ccccc2c1. The van der Waals surface area contributed by atoms with Crippen molar-refractivity contribution >= 4 is 22.1 Å². The van der Waals surface area contributed by atoms with Gasteiger partial charge in [-0.25, -0.2) is 0 Å². The minimum Gasteiger partial charge on any atom is -0.398 e. The number of nitrogen functional groups attached to an aromatic ring is 1. The molecular formula is C11H12N2. The fourth-order valence-electron chi connectivity index (χ4n) is 1.48. The molecule has 0 heterocycles. The molecule has 0 aliphatic carbocycles. The largest absolute Gasteiger partial charge is 0.398 e. The van der Waals surface area contributed by atoms with E-state index in [0.717, 1.165) is 16.8 Å². The van der Waals surface area contributed by atoms with Crippen LogP contribution in [0.2, 0.25) is 0 Å². The summed E-state index contributed by atoms with van der Waals surface area (Å²) in [5, 5.41) is 5.37. The average molecular weight is 172 g/mol. The van der Waals surface area contributed by atoms with E-state index in [4.69, 9.17) is 5.73 Å². The highest BCUT2D eigenvalue weighted by Crippen LogP contribution is 2.25. The topological polar surface area (TPSA) is 38.0 Å². The lowest BCUT2D eigenvalue weighted by atomic mass is 10.1. The zero-order valence-electron chi connectivity index (χ0n) is 7.54. The molecule has 0 unspecified atom stereocenters. The molecule has 0 bridgehead atoms. The lowest BCUT2D eigenvalue weighted by Crippen LogP contribution is -1.92. The number of hydrogen-bond acceptors (Lipinski definition) is 2. The van der Waals surface area contributed by atoms with Crippen molar-refractivity contribution in [3.63, 3.8) is 0 Å². The molecule has 0 aliphatic heterocycles. The molecule has 0 fully saturated rings. The Balaban J connectivity index is 2.77. The molecule has 2 aromatic rings. The molecule has 13 heavy (non-hydrogen) atoms. The number of benzene rings is 2. The van der Waals surface area contributed by atoms with Gasteiger partial charge in [-0.1, -0.05) is 24.3 Å². The molecule has 2 nitrogen and oxygen atoms in total. The van der Waals surface area contributed by atoms with E-state index in [1.165, 1.54) is 5.39 Å². The maximum absolute atomic E-state index is 5.89. The van der Waals surface area contributed by atoms with Crippen molar-refractivity contribution < 1.29 is 0 Å². The molecule has 3 N–H and O–H groups in total. The Labute approximate surface area is 77.4 Å². The maximum atomic E-state index is 5.89. The fraction of sp³-hybridized carbons (Fsp3) is 0.0909. The van der Waals surface area contributed by atoms with Crippen molar-refractivity contribution in [3.05, 3.63) is 36.4 Å². The summed E-state index contributed by atoms with van der Waals surface area (Å²) < 4.78 is 0. The fourth-order valence-corrected chi connectivity index (χ4v) is 1.48. The monoisotopic (exact) mass is 172 g/mol. The van der Waals surface area contributed by atoms with Crippen LogP contribution < -0.4 is 11.1 Å². The van der Waals surface area contributed by atoms with Crippen LogP contribution in [0.3, 0.4) is 0 Å². The van der Waals surface area contributed by atoms with Crippen LogP contribution in [0.25, 0.3) is 10.8 Å². The second kappa shape index (κ2) is 2.98. The standard InChI is InChI=1S/C11H12N2/c1-13-9-6-8-4-2-3-5-10(8)11(12)7-9/h2-7,13H,12H2,1H3. The van der Waals surface area contributed by atoms with Crippen molar-refractivity contribution in [2.75, 3.05) is 18.1 Å². The Kier molecular flexibility index (Phi) is 1.81. The predicted octanol–water partition coefficient (Wildman–Crippen LogP) is 2.46. The minimum absolute atomic E-state index is 0.822. The molecule has 0 aromatic heterocycles. The summed E-state index contributed by atoms with van der Waals surface area (Å²) in [6.45, 7) is 0. The molecule has 66 valence electrons. The van der Waals surface area contributed by atoms with Crippen molar-refractivity contribution in [2.24, 2.45) is 0 Å². The van der Waals surface area contributed by atoms with Gasteiger partial charge in [0.1, 0.15) is 0 Å². The summed E-state index contributed by atoms with van der Waals surface area (Å²) in [5.41, 5.74) is 7.77. The van der Waals surface area contributed by atoms with E-state index in [0.29, 0.717) is 0 Å². The molecule has 0 saturated carbocycles. The summed E-state index contributed by atoms with van der Waals surface area (Å²) in [7, 11) is 1.89. The highest BCUT2D eigenvalue weighted by atomic mass is 14.8. The molecule has 0 radical (unpaired) electrons. The molecule has 0 aliphatic rings. The Morgan fingerprint density at radius 3 is 2.69 bits per heavy atom. The highest BCUT2D eigenvalue weighted by Gasteiger charge is 1.98. The molecular weight excluding hydrogens is 160 g/mol. The van der Waals surface area contributed by atoms with Gasteiger partial charge in [-0.15, -0.1) is 0 Å². The second-order valence-electron chi connectivity index (χ2n) is 3.04. The number of anilines is 2. The molecule has 0 amide bonds. The second-order valence-corrected chi connectivity index (χ2v) is 3.04. The zero-order valence-corrected chi connectivity index (χ0v) is 7.54. The van der Waals surface area contributed by atoms with E-state index in [1.54, 1.807) is 0 Å². The van der Waals surface area contributed by atoms with Gasteiger partial charge in [-0.2, -0.15) is 0 Å². The summed E-state index contributed by atoms with van der Waals surface area (Å²) in [4.78, 5) is 0. The predicted molar refractivity (Wildman–Crippen MR) is 57.9 cm³/mol. The third-order valence-corrected chi connectivity index (χ3v) is 2.18. The lowest BCUT2D eigenvalue weighted by molar-refractivity contribution is 1.53. The van der Waals surface area contributed by atoms with Crippen LogP contribution in [0.5, 0.6) is 0 Å². The van der Waals surface area contributed by atoms with E-state index < -0.39 is 0 Å². The Bertz CT molecular complexity index is 435. The van der Waals surface area contributed by atoms with Crippen molar-refractivity contribution in [3.8, 4) is 0 Å². The summed E-state index contributed by atoms with van der Waals surface area (Å²) in [5.74, 6) is 0. The summed E-state index contributed by atoms with van der Waals surface area (Å²) >= 11 is 0. The average Bonchev–Trinajstić information content (AvgIpc) is 2.18. The van der Waals surface area contributed by atoms with Crippen LogP contribution in [0.15, 0.2) is 36.4 Å². The van der Waals surface area contributed by atoms with E-state index >= 15 is 0 Å². The smallest absolute Gasteiger partial charge is 0.0414 e. The van der Waals surface area contributed by atoms with Gasteiger partial charge in [0.15, 0.2) is 0 Å². The van der Waals surface area contributed by atoms with E-state index in [2.05, 4.69) is 17.4 Å². The Morgan fingerprint density at radius 2 is 1.92 bits per heavy atom. The first-order chi connectivity index (χ1) is 6.31. The quantitative estimate of drug-likeness (QED) is 0.648. The van der Waals surface area contributed by atoms with Crippen molar-refractivity contribution in [1.29, 1.82) is 0 Å². The molecule has 2 rings (SSSR count). The van der Waals surface area contributed by atoms with Gasteiger partial charge in [0.05, 0.1) is 0 Å². The Hall–Kier alpha value is -1.70. The van der Waals surface area contributed by atoms with Gasteiger partial charge in [0, 0.05) is 23.8 Å². The number of fused-ring (bicyclic) bond motifs is 1. The van der Waals surface area contributed by atoms with Crippen LogP contribution in [-0.4, -0.2) is 7.05 Å². The van der Waals surface area contributed by atoms with Crippen LogP contribution in [0.1, 0.15) is 0 Å². The molecule has 0 saturated heterocycles. The first-order valence-electron chi connectivity index (χ1n) is 4.27.